The molecule has 1 rings (SSSR count). The summed E-state index contributed by atoms with van der Waals surface area (Å²) in [6.45, 7) is -0.157. The number of para-hydroxylation sites is 1. The Balaban J connectivity index is 2.90. The fourth-order valence-electron chi connectivity index (χ4n) is 1.67. The minimum absolute atomic E-state index is 0.105. The molecule has 6 heteroatoms. The van der Waals surface area contributed by atoms with Crippen LogP contribution in [0.4, 0.5) is 8.78 Å². The third kappa shape index (κ3) is 4.67. The molecule has 1 amide bonds. The Bertz CT molecular complexity index is 415. The summed E-state index contributed by atoms with van der Waals surface area (Å²) in [5.74, 6) is 0.00887. The molecule has 3 nitrogen and oxygen atoms in total. The lowest BCUT2D eigenvalue weighted by Gasteiger charge is -2.21. The van der Waals surface area contributed by atoms with E-state index >= 15 is 0 Å². The molecule has 1 aromatic carbocycles. The molecule has 0 fully saturated rings. The Kier molecular flexibility index (Phi) is 6.56. The van der Waals surface area contributed by atoms with Crippen molar-refractivity contribution in [1.82, 2.24) is 4.90 Å². The van der Waals surface area contributed by atoms with E-state index in [9.17, 15) is 13.6 Å². The molecule has 0 heterocycles. The molecule has 0 radical (unpaired) electrons. The van der Waals surface area contributed by atoms with Gasteiger partial charge in [0.2, 0.25) is 0 Å². The molecule has 0 bridgehead atoms. The van der Waals surface area contributed by atoms with E-state index < -0.39 is 6.61 Å². The molecule has 0 unspecified atom stereocenters. The van der Waals surface area contributed by atoms with E-state index in [0.29, 0.717) is 25.4 Å². The number of carbonyl (C=O) groups excluding carboxylic acids is 1. The van der Waals surface area contributed by atoms with Crippen molar-refractivity contribution < 1.29 is 18.3 Å². The number of halogens is 3. The summed E-state index contributed by atoms with van der Waals surface area (Å²) >= 11 is 5.59. The molecule has 0 N–H and O–H groups in total. The van der Waals surface area contributed by atoms with Gasteiger partial charge in [0.1, 0.15) is 5.75 Å². The number of hydrogen-bond acceptors (Lipinski definition) is 2. The Hall–Kier alpha value is -1.36. The zero-order valence-corrected chi connectivity index (χ0v) is 11.4. The predicted octanol–water partition coefficient (Wildman–Crippen LogP) is 3.38. The molecule has 19 heavy (non-hydrogen) atoms. The highest BCUT2D eigenvalue weighted by atomic mass is 35.5. The second-order valence-corrected chi connectivity index (χ2v) is 4.18. The number of hydrogen-bond donors (Lipinski definition) is 0. The fraction of sp³-hybridized carbons (Fsp3) is 0.462. The van der Waals surface area contributed by atoms with Crippen molar-refractivity contribution in [3.63, 3.8) is 0 Å². The van der Waals surface area contributed by atoms with Gasteiger partial charge >= 0.3 is 6.61 Å². The minimum Gasteiger partial charge on any atom is -0.434 e. The van der Waals surface area contributed by atoms with Gasteiger partial charge in [0.05, 0.1) is 5.56 Å². The van der Waals surface area contributed by atoms with Crippen molar-refractivity contribution in [3.05, 3.63) is 29.8 Å². The first kappa shape index (κ1) is 15.7. The summed E-state index contributed by atoms with van der Waals surface area (Å²) in [4.78, 5) is 13.8. The van der Waals surface area contributed by atoms with Gasteiger partial charge in [-0.25, -0.2) is 0 Å². The molecule has 0 aliphatic heterocycles. The quantitative estimate of drug-likeness (QED) is 0.721. The van der Waals surface area contributed by atoms with Crippen LogP contribution in [0.5, 0.6) is 5.75 Å². The van der Waals surface area contributed by atoms with Crippen LogP contribution in [0.25, 0.3) is 0 Å². The van der Waals surface area contributed by atoms with Crippen LogP contribution in [-0.4, -0.2) is 36.4 Å². The third-order valence-corrected chi connectivity index (χ3v) is 2.83. The van der Waals surface area contributed by atoms with Crippen LogP contribution in [0.15, 0.2) is 24.3 Å². The van der Waals surface area contributed by atoms with E-state index in [2.05, 4.69) is 4.74 Å². The Morgan fingerprint density at radius 1 is 1.42 bits per heavy atom. The lowest BCUT2D eigenvalue weighted by atomic mass is 10.1. The van der Waals surface area contributed by atoms with E-state index in [1.54, 1.807) is 17.0 Å². The molecular formula is C13H16ClF2NO2. The van der Waals surface area contributed by atoms with Crippen molar-refractivity contribution in [2.45, 2.75) is 20.0 Å². The van der Waals surface area contributed by atoms with E-state index in [0.717, 1.165) is 0 Å². The van der Waals surface area contributed by atoms with E-state index in [4.69, 9.17) is 11.6 Å². The van der Waals surface area contributed by atoms with Gasteiger partial charge in [-0.3, -0.25) is 4.79 Å². The maximum Gasteiger partial charge on any atom is 0.387 e. The van der Waals surface area contributed by atoms with Gasteiger partial charge in [0, 0.05) is 19.0 Å². The lowest BCUT2D eigenvalue weighted by molar-refractivity contribution is -0.0502. The van der Waals surface area contributed by atoms with Crippen LogP contribution >= 0.6 is 11.6 Å². The Morgan fingerprint density at radius 2 is 2.11 bits per heavy atom. The SMILES string of the molecule is CCN(CCCCl)C(=O)c1ccccc1OC(F)F. The highest BCUT2D eigenvalue weighted by Gasteiger charge is 2.19. The van der Waals surface area contributed by atoms with Crippen LogP contribution in [0.1, 0.15) is 23.7 Å². The average molecular weight is 292 g/mol. The molecule has 0 aliphatic carbocycles. The Morgan fingerprint density at radius 3 is 2.68 bits per heavy atom. The van der Waals surface area contributed by atoms with Crippen LogP contribution in [-0.2, 0) is 0 Å². The number of rotatable bonds is 7. The fourth-order valence-corrected chi connectivity index (χ4v) is 1.79. The Labute approximate surface area is 116 Å². The molecule has 106 valence electrons. The van der Waals surface area contributed by atoms with Crippen molar-refractivity contribution in [2.24, 2.45) is 0 Å². The number of nitrogens with zero attached hydrogens (tertiary/aromatic N) is 1. The normalized spacial score (nSPS) is 10.6. The number of carbonyl (C=O) groups is 1. The number of alkyl halides is 3. The first-order valence-corrected chi connectivity index (χ1v) is 6.52. The van der Waals surface area contributed by atoms with Crippen molar-refractivity contribution in [1.29, 1.82) is 0 Å². The second-order valence-electron chi connectivity index (χ2n) is 3.80. The molecular weight excluding hydrogens is 276 g/mol. The van der Waals surface area contributed by atoms with Gasteiger partial charge in [-0.15, -0.1) is 11.6 Å². The summed E-state index contributed by atoms with van der Waals surface area (Å²) in [6, 6.07) is 5.99. The number of ether oxygens (including phenoxy) is 1. The zero-order chi connectivity index (χ0) is 14.3. The van der Waals surface area contributed by atoms with E-state index in [1.807, 2.05) is 6.92 Å². The largest absolute Gasteiger partial charge is 0.434 e. The van der Waals surface area contributed by atoms with Gasteiger partial charge in [-0.05, 0) is 25.5 Å². The van der Waals surface area contributed by atoms with Gasteiger partial charge in [0.25, 0.3) is 5.91 Å². The molecule has 1 aromatic rings. The predicted molar refractivity (Wildman–Crippen MR) is 70.0 cm³/mol. The zero-order valence-electron chi connectivity index (χ0n) is 10.6. The van der Waals surface area contributed by atoms with Crippen LogP contribution in [0.2, 0.25) is 0 Å². The highest BCUT2D eigenvalue weighted by Crippen LogP contribution is 2.22. The van der Waals surface area contributed by atoms with E-state index in [1.165, 1.54) is 12.1 Å². The molecule has 0 aromatic heterocycles. The van der Waals surface area contributed by atoms with Crippen molar-refractivity contribution >= 4 is 17.5 Å². The van der Waals surface area contributed by atoms with Gasteiger partial charge in [0.15, 0.2) is 0 Å². The monoisotopic (exact) mass is 291 g/mol. The number of benzene rings is 1. The first-order chi connectivity index (χ1) is 9.10. The van der Waals surface area contributed by atoms with Crippen LogP contribution in [0.3, 0.4) is 0 Å². The van der Waals surface area contributed by atoms with Crippen LogP contribution < -0.4 is 4.74 Å². The smallest absolute Gasteiger partial charge is 0.387 e. The minimum atomic E-state index is -2.95. The maximum absolute atomic E-state index is 12.3. The van der Waals surface area contributed by atoms with Crippen molar-refractivity contribution in [2.75, 3.05) is 19.0 Å². The lowest BCUT2D eigenvalue weighted by Crippen LogP contribution is -2.32. The second kappa shape index (κ2) is 7.94. The average Bonchev–Trinajstić information content (AvgIpc) is 2.39. The number of amides is 1. The topological polar surface area (TPSA) is 29.5 Å². The maximum atomic E-state index is 12.3. The highest BCUT2D eigenvalue weighted by molar-refractivity contribution is 6.17. The third-order valence-electron chi connectivity index (χ3n) is 2.56. The van der Waals surface area contributed by atoms with Gasteiger partial charge < -0.3 is 9.64 Å². The summed E-state index contributed by atoms with van der Waals surface area (Å²) in [7, 11) is 0. The molecule has 0 atom stereocenters. The summed E-state index contributed by atoms with van der Waals surface area (Å²) in [5.41, 5.74) is 0.138. The van der Waals surface area contributed by atoms with Crippen molar-refractivity contribution in [3.8, 4) is 5.75 Å². The molecule has 0 saturated carbocycles. The summed E-state index contributed by atoms with van der Waals surface area (Å²) in [6.07, 6.45) is 0.652. The molecule has 0 saturated heterocycles. The summed E-state index contributed by atoms with van der Waals surface area (Å²) in [5, 5.41) is 0. The molecule has 0 aliphatic rings. The standard InChI is InChI=1S/C13H16ClF2NO2/c1-2-17(9-5-8-14)12(18)10-6-3-4-7-11(10)19-13(15)16/h3-4,6-7,13H,2,5,8-9H2,1H3. The van der Waals surface area contributed by atoms with Gasteiger partial charge in [-0.2, -0.15) is 8.78 Å². The first-order valence-electron chi connectivity index (χ1n) is 5.99. The van der Waals surface area contributed by atoms with Crippen LogP contribution in [0, 0.1) is 0 Å². The van der Waals surface area contributed by atoms with Gasteiger partial charge in [-0.1, -0.05) is 12.1 Å². The summed E-state index contributed by atoms with van der Waals surface area (Å²) < 4.78 is 28.9. The molecule has 0 spiro atoms. The van der Waals surface area contributed by atoms with E-state index in [-0.39, 0.29) is 17.2 Å².